The molecular formula is C22H22ClN3O2S. The number of fused-ring (bicyclic) bond motifs is 1. The molecule has 3 aromatic rings. The number of ether oxygens (including phenoxy) is 1. The molecule has 2 N–H and O–H groups in total. The third-order valence-corrected chi connectivity index (χ3v) is 6.45. The standard InChI is InChI=1S/C22H22ClN3O2S/c1-28-18-10-9-14(23)12-17(18)26-21(27)20-16-7-2-3-8-19(16)29-22(20)25-13-15-6-4-5-11-24-15/h4-6,9-12,25H,2-3,7-8,13H2,1H3,(H,26,27). The number of nitrogens with one attached hydrogen (secondary N) is 2. The first-order chi connectivity index (χ1) is 14.2. The van der Waals surface area contributed by atoms with Crippen LogP contribution in [0.4, 0.5) is 10.7 Å². The van der Waals surface area contributed by atoms with E-state index in [1.807, 2.05) is 18.2 Å². The minimum absolute atomic E-state index is 0.145. The maximum absolute atomic E-state index is 13.3. The number of hydrogen-bond acceptors (Lipinski definition) is 5. The minimum Gasteiger partial charge on any atom is -0.495 e. The van der Waals surface area contributed by atoms with E-state index in [2.05, 4.69) is 15.6 Å². The fourth-order valence-electron chi connectivity index (χ4n) is 3.57. The first kappa shape index (κ1) is 19.7. The number of thiophene rings is 1. The highest BCUT2D eigenvalue weighted by Gasteiger charge is 2.26. The molecule has 0 fully saturated rings. The highest BCUT2D eigenvalue weighted by Crippen LogP contribution is 2.39. The summed E-state index contributed by atoms with van der Waals surface area (Å²) >= 11 is 7.80. The van der Waals surface area contributed by atoms with Gasteiger partial charge >= 0.3 is 0 Å². The molecule has 1 aromatic carbocycles. The molecule has 0 saturated heterocycles. The van der Waals surface area contributed by atoms with Crippen molar-refractivity contribution < 1.29 is 9.53 Å². The van der Waals surface area contributed by atoms with Crippen molar-refractivity contribution in [3.8, 4) is 5.75 Å². The van der Waals surface area contributed by atoms with E-state index in [0.29, 0.717) is 23.0 Å². The summed E-state index contributed by atoms with van der Waals surface area (Å²) in [5.41, 5.74) is 3.38. The molecule has 0 atom stereocenters. The van der Waals surface area contributed by atoms with Gasteiger partial charge in [-0.05, 0) is 61.6 Å². The SMILES string of the molecule is COc1ccc(Cl)cc1NC(=O)c1c(NCc2ccccn2)sc2c1CCCC2. The van der Waals surface area contributed by atoms with Gasteiger partial charge in [0, 0.05) is 16.1 Å². The van der Waals surface area contributed by atoms with Gasteiger partial charge in [-0.15, -0.1) is 11.3 Å². The third-order valence-electron chi connectivity index (χ3n) is 4.96. The Hall–Kier alpha value is -2.57. The zero-order valence-corrected chi connectivity index (χ0v) is 17.7. The zero-order valence-electron chi connectivity index (χ0n) is 16.1. The molecule has 2 aromatic heterocycles. The van der Waals surface area contributed by atoms with Gasteiger partial charge in [-0.25, -0.2) is 0 Å². The van der Waals surface area contributed by atoms with Crippen LogP contribution in [0.2, 0.25) is 5.02 Å². The summed E-state index contributed by atoms with van der Waals surface area (Å²) in [5.74, 6) is 0.434. The summed E-state index contributed by atoms with van der Waals surface area (Å²) in [6.45, 7) is 0.570. The number of anilines is 2. The van der Waals surface area contributed by atoms with Crippen LogP contribution in [0.3, 0.4) is 0 Å². The second-order valence-electron chi connectivity index (χ2n) is 6.89. The van der Waals surface area contributed by atoms with Crippen LogP contribution in [0, 0.1) is 0 Å². The number of aromatic nitrogens is 1. The van der Waals surface area contributed by atoms with Crippen LogP contribution in [0.1, 0.15) is 39.3 Å². The van der Waals surface area contributed by atoms with Crippen LogP contribution < -0.4 is 15.4 Å². The number of methoxy groups -OCH3 is 1. The number of pyridine rings is 1. The van der Waals surface area contributed by atoms with Crippen LogP contribution in [-0.2, 0) is 19.4 Å². The molecule has 0 unspecified atom stereocenters. The van der Waals surface area contributed by atoms with Crippen molar-refractivity contribution in [1.82, 2.24) is 4.98 Å². The molecule has 2 heterocycles. The van der Waals surface area contributed by atoms with Crippen molar-refractivity contribution in [2.24, 2.45) is 0 Å². The monoisotopic (exact) mass is 427 g/mol. The first-order valence-corrected chi connectivity index (χ1v) is 10.8. The smallest absolute Gasteiger partial charge is 0.259 e. The number of benzene rings is 1. The molecule has 0 radical (unpaired) electrons. The zero-order chi connectivity index (χ0) is 20.2. The van der Waals surface area contributed by atoms with Gasteiger partial charge in [0.1, 0.15) is 10.8 Å². The van der Waals surface area contributed by atoms with Gasteiger partial charge < -0.3 is 15.4 Å². The molecule has 1 aliphatic carbocycles. The molecule has 0 bridgehead atoms. The van der Waals surface area contributed by atoms with E-state index in [1.54, 1.807) is 42.8 Å². The normalized spacial score (nSPS) is 12.9. The molecule has 0 aliphatic heterocycles. The van der Waals surface area contributed by atoms with E-state index >= 15 is 0 Å². The number of aryl methyl sites for hydroxylation is 1. The average molecular weight is 428 g/mol. The number of amides is 1. The largest absolute Gasteiger partial charge is 0.495 e. The Morgan fingerprint density at radius 1 is 1.24 bits per heavy atom. The first-order valence-electron chi connectivity index (χ1n) is 9.59. The van der Waals surface area contributed by atoms with Gasteiger partial charge in [-0.2, -0.15) is 0 Å². The number of rotatable bonds is 6. The van der Waals surface area contributed by atoms with Crippen molar-refractivity contribution in [2.45, 2.75) is 32.2 Å². The van der Waals surface area contributed by atoms with E-state index in [4.69, 9.17) is 16.3 Å². The Morgan fingerprint density at radius 2 is 2.10 bits per heavy atom. The maximum atomic E-state index is 13.3. The second kappa shape index (κ2) is 8.84. The maximum Gasteiger partial charge on any atom is 0.259 e. The third kappa shape index (κ3) is 4.38. The molecule has 150 valence electrons. The Labute approximate surface area is 179 Å². The molecule has 4 rings (SSSR count). The molecule has 0 spiro atoms. The van der Waals surface area contributed by atoms with Gasteiger partial charge in [-0.1, -0.05) is 17.7 Å². The topological polar surface area (TPSA) is 63.2 Å². The van der Waals surface area contributed by atoms with Crippen molar-refractivity contribution >= 4 is 39.5 Å². The van der Waals surface area contributed by atoms with Gasteiger partial charge in [0.05, 0.1) is 30.6 Å². The number of carbonyl (C=O) groups excluding carboxylic acids is 1. The fourth-order valence-corrected chi connectivity index (χ4v) is 5.02. The number of carbonyl (C=O) groups is 1. The van der Waals surface area contributed by atoms with Gasteiger partial charge in [0.15, 0.2) is 0 Å². The average Bonchev–Trinajstić information content (AvgIpc) is 3.12. The van der Waals surface area contributed by atoms with Crippen molar-refractivity contribution in [2.75, 3.05) is 17.7 Å². The Kier molecular flexibility index (Phi) is 6.02. The fraction of sp³-hybridized carbons (Fsp3) is 0.273. The van der Waals surface area contributed by atoms with Crippen LogP contribution in [0.15, 0.2) is 42.6 Å². The van der Waals surface area contributed by atoms with E-state index in [-0.39, 0.29) is 5.91 Å². The Balaban J connectivity index is 1.63. The molecular weight excluding hydrogens is 406 g/mol. The van der Waals surface area contributed by atoms with Gasteiger partial charge in [0.25, 0.3) is 5.91 Å². The Morgan fingerprint density at radius 3 is 2.90 bits per heavy atom. The highest BCUT2D eigenvalue weighted by atomic mass is 35.5. The summed E-state index contributed by atoms with van der Waals surface area (Å²) in [6.07, 6.45) is 5.98. The molecule has 1 aliphatic rings. The molecule has 1 amide bonds. The lowest BCUT2D eigenvalue weighted by molar-refractivity contribution is 0.102. The summed E-state index contributed by atoms with van der Waals surface area (Å²) in [7, 11) is 1.57. The second-order valence-corrected chi connectivity index (χ2v) is 8.43. The Bertz CT molecular complexity index is 1020. The summed E-state index contributed by atoms with van der Waals surface area (Å²) in [4.78, 5) is 19.0. The number of nitrogens with zero attached hydrogens (tertiary/aromatic N) is 1. The van der Waals surface area contributed by atoms with Gasteiger partial charge in [-0.3, -0.25) is 9.78 Å². The highest BCUT2D eigenvalue weighted by molar-refractivity contribution is 7.16. The summed E-state index contributed by atoms with van der Waals surface area (Å²) in [6, 6.07) is 11.0. The molecule has 5 nitrogen and oxygen atoms in total. The lowest BCUT2D eigenvalue weighted by Gasteiger charge is -2.15. The van der Waals surface area contributed by atoms with E-state index < -0.39 is 0 Å². The molecule has 7 heteroatoms. The number of hydrogen-bond donors (Lipinski definition) is 2. The lowest BCUT2D eigenvalue weighted by atomic mass is 9.95. The van der Waals surface area contributed by atoms with Crippen molar-refractivity contribution in [3.05, 3.63) is 69.3 Å². The van der Waals surface area contributed by atoms with Crippen LogP contribution in [0.25, 0.3) is 0 Å². The lowest BCUT2D eigenvalue weighted by Crippen LogP contribution is -2.17. The minimum atomic E-state index is -0.145. The van der Waals surface area contributed by atoms with E-state index in [9.17, 15) is 4.79 Å². The van der Waals surface area contributed by atoms with Crippen molar-refractivity contribution in [1.29, 1.82) is 0 Å². The van der Waals surface area contributed by atoms with E-state index in [0.717, 1.165) is 47.5 Å². The summed E-state index contributed by atoms with van der Waals surface area (Å²) in [5, 5.41) is 7.86. The van der Waals surface area contributed by atoms with Crippen molar-refractivity contribution in [3.63, 3.8) is 0 Å². The predicted octanol–water partition coefficient (Wildman–Crippen LogP) is 5.55. The molecule has 0 saturated carbocycles. The van der Waals surface area contributed by atoms with E-state index in [1.165, 1.54) is 4.88 Å². The van der Waals surface area contributed by atoms with Crippen LogP contribution in [-0.4, -0.2) is 18.0 Å². The predicted molar refractivity (Wildman–Crippen MR) is 118 cm³/mol. The van der Waals surface area contributed by atoms with Crippen LogP contribution >= 0.6 is 22.9 Å². The number of halogens is 1. The quantitative estimate of drug-likeness (QED) is 0.541. The van der Waals surface area contributed by atoms with Gasteiger partial charge in [0.2, 0.25) is 0 Å². The molecule has 29 heavy (non-hydrogen) atoms. The van der Waals surface area contributed by atoms with Crippen LogP contribution in [0.5, 0.6) is 5.75 Å². The summed E-state index contributed by atoms with van der Waals surface area (Å²) < 4.78 is 5.37.